The molecule has 19 heavy (non-hydrogen) atoms. The molecule has 106 valence electrons. The Morgan fingerprint density at radius 1 is 1.32 bits per heavy atom. The van der Waals surface area contributed by atoms with Crippen LogP contribution in [0.25, 0.3) is 0 Å². The number of rotatable bonds is 5. The molecule has 3 nitrogen and oxygen atoms in total. The minimum Gasteiger partial charge on any atom is -0.474 e. The van der Waals surface area contributed by atoms with Crippen LogP contribution in [0, 0.1) is 5.92 Å². The zero-order valence-electron chi connectivity index (χ0n) is 11.9. The molecule has 1 heterocycles. The van der Waals surface area contributed by atoms with E-state index < -0.39 is 0 Å². The van der Waals surface area contributed by atoms with Crippen LogP contribution >= 0.6 is 11.6 Å². The van der Waals surface area contributed by atoms with E-state index in [4.69, 9.17) is 16.3 Å². The van der Waals surface area contributed by atoms with Gasteiger partial charge >= 0.3 is 0 Å². The highest BCUT2D eigenvalue weighted by molar-refractivity contribution is 6.30. The molecule has 1 aromatic heterocycles. The number of hydrogen-bond acceptors (Lipinski definition) is 3. The largest absolute Gasteiger partial charge is 0.474 e. The molecular weight excluding hydrogens is 260 g/mol. The summed E-state index contributed by atoms with van der Waals surface area (Å²) in [5.74, 6) is 1.49. The van der Waals surface area contributed by atoms with Crippen molar-refractivity contribution >= 4 is 11.6 Å². The Balaban J connectivity index is 2.07. The maximum atomic E-state index is 6.15. The van der Waals surface area contributed by atoms with Gasteiger partial charge < -0.3 is 4.74 Å². The minimum absolute atomic E-state index is 0.292. The second-order valence-corrected chi connectivity index (χ2v) is 5.74. The summed E-state index contributed by atoms with van der Waals surface area (Å²) in [6, 6.07) is 0. The first-order valence-corrected chi connectivity index (χ1v) is 7.78. The van der Waals surface area contributed by atoms with E-state index in [0.29, 0.717) is 17.1 Å². The number of nitrogens with zero attached hydrogens (tertiary/aromatic N) is 2. The second-order valence-electron chi connectivity index (χ2n) is 5.38. The van der Waals surface area contributed by atoms with Crippen molar-refractivity contribution in [1.29, 1.82) is 0 Å². The molecule has 0 amide bonds. The molecule has 1 aliphatic carbocycles. The summed E-state index contributed by atoms with van der Waals surface area (Å²) in [5.41, 5.74) is 0.963. The van der Waals surface area contributed by atoms with Gasteiger partial charge in [-0.2, -0.15) is 0 Å². The molecule has 1 aromatic rings. The van der Waals surface area contributed by atoms with Gasteiger partial charge in [-0.15, -0.1) is 0 Å². The van der Waals surface area contributed by atoms with Gasteiger partial charge in [0.05, 0.1) is 5.56 Å². The molecular formula is C15H23ClN2O. The van der Waals surface area contributed by atoms with Crippen molar-refractivity contribution in [3.63, 3.8) is 0 Å². The zero-order chi connectivity index (χ0) is 13.7. The molecule has 2 rings (SSSR count). The maximum Gasteiger partial charge on any atom is 0.221 e. The Morgan fingerprint density at radius 2 is 2.16 bits per heavy atom. The maximum absolute atomic E-state index is 6.15. The van der Waals surface area contributed by atoms with Crippen LogP contribution in [0.5, 0.6) is 5.88 Å². The van der Waals surface area contributed by atoms with Gasteiger partial charge in [0, 0.05) is 0 Å². The summed E-state index contributed by atoms with van der Waals surface area (Å²) in [7, 11) is 0. The minimum atomic E-state index is 0.292. The Morgan fingerprint density at radius 3 is 2.89 bits per heavy atom. The molecule has 4 heteroatoms. The van der Waals surface area contributed by atoms with Gasteiger partial charge in [0.25, 0.3) is 0 Å². The Bertz CT molecular complexity index is 411. The molecule has 2 atom stereocenters. The highest BCUT2D eigenvalue weighted by Gasteiger charge is 2.23. The Kier molecular flexibility index (Phi) is 5.44. The highest BCUT2D eigenvalue weighted by atomic mass is 35.5. The summed E-state index contributed by atoms with van der Waals surface area (Å²) >= 11 is 6.15. The van der Waals surface area contributed by atoms with Crippen LogP contribution in [0.15, 0.2) is 6.33 Å². The van der Waals surface area contributed by atoms with Crippen LogP contribution in [0.1, 0.15) is 57.9 Å². The van der Waals surface area contributed by atoms with Gasteiger partial charge in [0.1, 0.15) is 17.6 Å². The molecule has 1 saturated carbocycles. The predicted octanol–water partition coefficient (Wildman–Crippen LogP) is 4.43. The summed E-state index contributed by atoms with van der Waals surface area (Å²) < 4.78 is 6.12. The fraction of sp³-hybridized carbons (Fsp3) is 0.733. The first-order valence-electron chi connectivity index (χ1n) is 7.40. The predicted molar refractivity (Wildman–Crippen MR) is 77.7 cm³/mol. The van der Waals surface area contributed by atoms with Gasteiger partial charge in [0.15, 0.2) is 0 Å². The lowest BCUT2D eigenvalue weighted by molar-refractivity contribution is 0.115. The topological polar surface area (TPSA) is 35.0 Å². The number of halogens is 1. The quantitative estimate of drug-likeness (QED) is 0.749. The zero-order valence-corrected chi connectivity index (χ0v) is 12.6. The van der Waals surface area contributed by atoms with Crippen molar-refractivity contribution in [1.82, 2.24) is 9.97 Å². The van der Waals surface area contributed by atoms with Crippen molar-refractivity contribution in [3.05, 3.63) is 17.0 Å². The summed E-state index contributed by atoms with van der Waals surface area (Å²) in [5, 5.41) is 0.537. The molecule has 1 aliphatic rings. The van der Waals surface area contributed by atoms with E-state index in [0.717, 1.165) is 37.2 Å². The molecule has 1 fully saturated rings. The molecule has 0 aromatic carbocycles. The van der Waals surface area contributed by atoms with Crippen LogP contribution in [-0.2, 0) is 6.42 Å². The van der Waals surface area contributed by atoms with Crippen LogP contribution in [-0.4, -0.2) is 16.1 Å². The van der Waals surface area contributed by atoms with Crippen molar-refractivity contribution in [3.8, 4) is 5.88 Å². The van der Waals surface area contributed by atoms with Crippen LogP contribution in [0.2, 0.25) is 5.15 Å². The molecule has 0 saturated heterocycles. The summed E-state index contributed by atoms with van der Waals surface area (Å²) in [4.78, 5) is 8.34. The summed E-state index contributed by atoms with van der Waals surface area (Å²) in [6.45, 7) is 4.39. The number of ether oxygens (including phenoxy) is 1. The molecule has 0 radical (unpaired) electrons. The Labute approximate surface area is 120 Å². The standard InChI is InChI=1S/C15H23ClN2O/c1-3-6-13-14(16)17-10-18-15(13)19-12-8-5-7-11(4-2)9-12/h10-12H,3-9H2,1-2H3. The second kappa shape index (κ2) is 7.09. The molecule has 0 bridgehead atoms. The van der Waals surface area contributed by atoms with E-state index in [2.05, 4.69) is 23.8 Å². The van der Waals surface area contributed by atoms with E-state index in [1.54, 1.807) is 0 Å². The molecule has 0 N–H and O–H groups in total. The van der Waals surface area contributed by atoms with Crippen molar-refractivity contribution in [2.24, 2.45) is 5.92 Å². The van der Waals surface area contributed by atoms with Gasteiger partial charge in [-0.05, 0) is 31.6 Å². The lowest BCUT2D eigenvalue weighted by Gasteiger charge is -2.29. The first kappa shape index (κ1) is 14.6. The molecule has 0 aliphatic heterocycles. The van der Waals surface area contributed by atoms with Crippen molar-refractivity contribution in [2.45, 2.75) is 64.9 Å². The summed E-state index contributed by atoms with van der Waals surface area (Å²) in [6.07, 6.45) is 9.79. The lowest BCUT2D eigenvalue weighted by atomic mass is 9.85. The first-order chi connectivity index (χ1) is 9.24. The van der Waals surface area contributed by atoms with E-state index >= 15 is 0 Å². The smallest absolute Gasteiger partial charge is 0.221 e. The van der Waals surface area contributed by atoms with Crippen LogP contribution < -0.4 is 4.74 Å². The van der Waals surface area contributed by atoms with Gasteiger partial charge in [-0.3, -0.25) is 0 Å². The highest BCUT2D eigenvalue weighted by Crippen LogP contribution is 2.31. The van der Waals surface area contributed by atoms with Gasteiger partial charge in [-0.25, -0.2) is 9.97 Å². The van der Waals surface area contributed by atoms with E-state index in [1.807, 2.05) is 0 Å². The average Bonchev–Trinajstić information content (AvgIpc) is 2.43. The third-order valence-electron chi connectivity index (χ3n) is 3.94. The van der Waals surface area contributed by atoms with Crippen LogP contribution in [0.4, 0.5) is 0 Å². The van der Waals surface area contributed by atoms with Crippen molar-refractivity contribution in [2.75, 3.05) is 0 Å². The fourth-order valence-electron chi connectivity index (χ4n) is 2.82. The van der Waals surface area contributed by atoms with Gasteiger partial charge in [0.2, 0.25) is 5.88 Å². The average molecular weight is 283 g/mol. The van der Waals surface area contributed by atoms with E-state index in [-0.39, 0.29) is 0 Å². The van der Waals surface area contributed by atoms with E-state index in [9.17, 15) is 0 Å². The third kappa shape index (κ3) is 3.82. The SMILES string of the molecule is CCCc1c(Cl)ncnc1OC1CCCC(CC)C1. The van der Waals surface area contributed by atoms with Gasteiger partial charge in [-0.1, -0.05) is 44.7 Å². The number of hydrogen-bond donors (Lipinski definition) is 0. The lowest BCUT2D eigenvalue weighted by Crippen LogP contribution is -2.26. The monoisotopic (exact) mass is 282 g/mol. The molecule has 2 unspecified atom stereocenters. The van der Waals surface area contributed by atoms with E-state index in [1.165, 1.54) is 25.6 Å². The normalized spacial score (nSPS) is 23.3. The number of aromatic nitrogens is 2. The molecule has 0 spiro atoms. The van der Waals surface area contributed by atoms with Crippen LogP contribution in [0.3, 0.4) is 0 Å². The third-order valence-corrected chi connectivity index (χ3v) is 4.27. The Hall–Kier alpha value is -0.830. The van der Waals surface area contributed by atoms with Crippen molar-refractivity contribution < 1.29 is 4.74 Å². The fourth-order valence-corrected chi connectivity index (χ4v) is 3.03.